The number of amides is 1. The number of hydrogen-bond donors (Lipinski definition) is 3. The zero-order chi connectivity index (χ0) is 20.6. The molecule has 1 amide bonds. The lowest BCUT2D eigenvalue weighted by Crippen LogP contribution is -2.09. The van der Waals surface area contributed by atoms with Gasteiger partial charge in [-0.05, 0) is 53.6 Å². The zero-order valence-corrected chi connectivity index (χ0v) is 16.6. The molecule has 1 aromatic heterocycles. The molecule has 1 heterocycles. The predicted molar refractivity (Wildman–Crippen MR) is 121 cm³/mol. The molecule has 2 aromatic carbocycles. The van der Waals surface area contributed by atoms with E-state index in [0.29, 0.717) is 17.9 Å². The van der Waals surface area contributed by atoms with Crippen LogP contribution in [0.15, 0.2) is 72.9 Å². The van der Waals surface area contributed by atoms with E-state index in [2.05, 4.69) is 44.8 Å². The fourth-order valence-electron chi connectivity index (χ4n) is 2.67. The second-order valence-electron chi connectivity index (χ2n) is 6.80. The van der Waals surface area contributed by atoms with Gasteiger partial charge in [-0.1, -0.05) is 24.3 Å². The Kier molecular flexibility index (Phi) is 6.47. The molecule has 3 rings (SSSR count). The van der Waals surface area contributed by atoms with Gasteiger partial charge in [-0.3, -0.25) is 4.79 Å². The molecule has 6 heteroatoms. The van der Waals surface area contributed by atoms with Crippen molar-refractivity contribution in [3.8, 4) is 0 Å². The molecule has 0 atom stereocenters. The summed E-state index contributed by atoms with van der Waals surface area (Å²) < 4.78 is 0. The van der Waals surface area contributed by atoms with Gasteiger partial charge < -0.3 is 21.3 Å². The SMILES string of the molecule is CN(C)c1ccc(CNc2ccc(/C=C\C(=O)Nc3ccccc3N)cn2)cc1. The number of hydrogen-bond acceptors (Lipinski definition) is 5. The van der Waals surface area contributed by atoms with Crippen LogP contribution in [0, 0.1) is 0 Å². The quantitative estimate of drug-likeness (QED) is 0.422. The van der Waals surface area contributed by atoms with Crippen LogP contribution in [-0.4, -0.2) is 25.0 Å². The Hall–Kier alpha value is -3.80. The summed E-state index contributed by atoms with van der Waals surface area (Å²) in [4.78, 5) is 18.5. The van der Waals surface area contributed by atoms with E-state index in [9.17, 15) is 4.79 Å². The molecule has 0 saturated heterocycles. The molecule has 0 bridgehead atoms. The number of nitrogen functional groups attached to an aromatic ring is 1. The Bertz CT molecular complexity index is 979. The summed E-state index contributed by atoms with van der Waals surface area (Å²) in [5.41, 5.74) is 10.1. The zero-order valence-electron chi connectivity index (χ0n) is 16.6. The molecule has 0 aliphatic heterocycles. The molecule has 0 radical (unpaired) electrons. The molecular formula is C23H25N5O. The van der Waals surface area contributed by atoms with Crippen LogP contribution >= 0.6 is 0 Å². The van der Waals surface area contributed by atoms with Crippen LogP contribution in [0.5, 0.6) is 0 Å². The van der Waals surface area contributed by atoms with Crippen molar-refractivity contribution in [2.45, 2.75) is 6.54 Å². The summed E-state index contributed by atoms with van der Waals surface area (Å²) in [5.74, 6) is 0.534. The van der Waals surface area contributed by atoms with Gasteiger partial charge in [-0.25, -0.2) is 4.98 Å². The first kappa shape index (κ1) is 19.9. The third kappa shape index (κ3) is 5.84. The number of nitrogens with two attached hydrogens (primary N) is 1. The van der Waals surface area contributed by atoms with Gasteiger partial charge in [0, 0.05) is 38.6 Å². The molecule has 29 heavy (non-hydrogen) atoms. The van der Waals surface area contributed by atoms with Gasteiger partial charge in [-0.2, -0.15) is 0 Å². The van der Waals surface area contributed by atoms with Gasteiger partial charge in [0.25, 0.3) is 0 Å². The first-order chi connectivity index (χ1) is 14.0. The lowest BCUT2D eigenvalue weighted by atomic mass is 10.2. The third-order valence-corrected chi connectivity index (χ3v) is 4.36. The maximum Gasteiger partial charge on any atom is 0.248 e. The average molecular weight is 387 g/mol. The number of nitrogens with one attached hydrogen (secondary N) is 2. The highest BCUT2D eigenvalue weighted by atomic mass is 16.1. The van der Waals surface area contributed by atoms with Crippen molar-refractivity contribution in [3.63, 3.8) is 0 Å². The van der Waals surface area contributed by atoms with Crippen LogP contribution in [0.25, 0.3) is 6.08 Å². The number of anilines is 4. The summed E-state index contributed by atoms with van der Waals surface area (Å²) in [6.45, 7) is 0.691. The van der Waals surface area contributed by atoms with Crippen molar-refractivity contribution >= 4 is 34.9 Å². The molecule has 4 N–H and O–H groups in total. The van der Waals surface area contributed by atoms with E-state index in [1.165, 1.54) is 17.3 Å². The summed E-state index contributed by atoms with van der Waals surface area (Å²) in [7, 11) is 4.04. The lowest BCUT2D eigenvalue weighted by Gasteiger charge is -2.13. The van der Waals surface area contributed by atoms with Gasteiger partial charge in [0.15, 0.2) is 0 Å². The second-order valence-corrected chi connectivity index (χ2v) is 6.80. The molecule has 148 valence electrons. The molecule has 0 aliphatic carbocycles. The van der Waals surface area contributed by atoms with E-state index in [-0.39, 0.29) is 5.91 Å². The highest BCUT2D eigenvalue weighted by molar-refractivity contribution is 6.03. The minimum absolute atomic E-state index is 0.244. The normalized spacial score (nSPS) is 10.7. The molecular weight excluding hydrogens is 362 g/mol. The Morgan fingerprint density at radius 1 is 1.07 bits per heavy atom. The Labute approximate surface area is 171 Å². The lowest BCUT2D eigenvalue weighted by molar-refractivity contribution is -0.111. The Balaban J connectivity index is 1.52. The fraction of sp³-hybridized carbons (Fsp3) is 0.130. The first-order valence-electron chi connectivity index (χ1n) is 9.31. The number of nitrogens with zero attached hydrogens (tertiary/aromatic N) is 2. The van der Waals surface area contributed by atoms with Crippen molar-refractivity contribution < 1.29 is 4.79 Å². The summed E-state index contributed by atoms with van der Waals surface area (Å²) in [6.07, 6.45) is 4.90. The maximum absolute atomic E-state index is 12.0. The van der Waals surface area contributed by atoms with Crippen LogP contribution in [0.1, 0.15) is 11.1 Å². The smallest absolute Gasteiger partial charge is 0.248 e. The number of para-hydroxylation sites is 2. The predicted octanol–water partition coefficient (Wildman–Crippen LogP) is 3.99. The minimum Gasteiger partial charge on any atom is -0.397 e. The van der Waals surface area contributed by atoms with Crippen LogP contribution in [-0.2, 0) is 11.3 Å². The number of pyridine rings is 1. The highest BCUT2D eigenvalue weighted by Crippen LogP contribution is 2.17. The summed E-state index contributed by atoms with van der Waals surface area (Å²) >= 11 is 0. The van der Waals surface area contributed by atoms with E-state index in [4.69, 9.17) is 5.73 Å². The fourth-order valence-corrected chi connectivity index (χ4v) is 2.67. The summed E-state index contributed by atoms with van der Waals surface area (Å²) in [6, 6.07) is 19.3. The second kappa shape index (κ2) is 9.41. The van der Waals surface area contributed by atoms with Crippen molar-refractivity contribution in [1.82, 2.24) is 4.98 Å². The standard InChI is InChI=1S/C23H25N5O/c1-28(2)19-11-7-17(8-12-19)15-25-22-13-9-18(16-26-22)10-14-23(29)27-21-6-4-3-5-20(21)24/h3-14,16H,15,24H2,1-2H3,(H,25,26)(H,27,29)/b14-10-. The van der Waals surface area contributed by atoms with Crippen LogP contribution < -0.4 is 21.3 Å². The molecule has 3 aromatic rings. The number of benzene rings is 2. The summed E-state index contributed by atoms with van der Waals surface area (Å²) in [5, 5.41) is 6.05. The topological polar surface area (TPSA) is 83.3 Å². The number of carbonyl (C=O) groups excluding carboxylic acids is 1. The van der Waals surface area contributed by atoms with Crippen molar-refractivity contribution in [1.29, 1.82) is 0 Å². The van der Waals surface area contributed by atoms with Crippen LogP contribution in [0.2, 0.25) is 0 Å². The van der Waals surface area contributed by atoms with Crippen LogP contribution in [0.4, 0.5) is 22.9 Å². The largest absolute Gasteiger partial charge is 0.397 e. The van der Waals surface area contributed by atoms with E-state index < -0.39 is 0 Å². The molecule has 6 nitrogen and oxygen atoms in total. The Morgan fingerprint density at radius 3 is 2.48 bits per heavy atom. The molecule has 0 aliphatic rings. The monoisotopic (exact) mass is 387 g/mol. The van der Waals surface area contributed by atoms with Gasteiger partial charge in [-0.15, -0.1) is 0 Å². The van der Waals surface area contributed by atoms with Gasteiger partial charge in [0.1, 0.15) is 5.82 Å². The molecule has 0 fully saturated rings. The maximum atomic E-state index is 12.0. The molecule has 0 saturated carbocycles. The van der Waals surface area contributed by atoms with Crippen molar-refractivity contribution in [2.75, 3.05) is 35.4 Å². The number of rotatable bonds is 7. The van der Waals surface area contributed by atoms with Gasteiger partial charge >= 0.3 is 0 Å². The third-order valence-electron chi connectivity index (χ3n) is 4.36. The number of carbonyl (C=O) groups is 1. The van der Waals surface area contributed by atoms with Gasteiger partial charge in [0.05, 0.1) is 11.4 Å². The van der Waals surface area contributed by atoms with Gasteiger partial charge in [0.2, 0.25) is 5.91 Å². The van der Waals surface area contributed by atoms with E-state index in [1.54, 1.807) is 24.4 Å². The van der Waals surface area contributed by atoms with Crippen molar-refractivity contribution in [3.05, 3.63) is 84.1 Å². The molecule has 0 unspecified atom stereocenters. The first-order valence-corrected chi connectivity index (χ1v) is 9.31. The Morgan fingerprint density at radius 2 is 1.83 bits per heavy atom. The highest BCUT2D eigenvalue weighted by Gasteiger charge is 2.01. The minimum atomic E-state index is -0.244. The van der Waals surface area contributed by atoms with E-state index >= 15 is 0 Å². The van der Waals surface area contributed by atoms with Crippen molar-refractivity contribution in [2.24, 2.45) is 0 Å². The van der Waals surface area contributed by atoms with E-state index in [0.717, 1.165) is 11.4 Å². The van der Waals surface area contributed by atoms with Crippen LogP contribution in [0.3, 0.4) is 0 Å². The average Bonchev–Trinajstić information content (AvgIpc) is 2.73. The van der Waals surface area contributed by atoms with E-state index in [1.807, 2.05) is 38.4 Å². The number of aromatic nitrogens is 1. The molecule has 0 spiro atoms.